The van der Waals surface area contributed by atoms with Gasteiger partial charge in [0.05, 0.1) is 20.2 Å². The van der Waals surface area contributed by atoms with Crippen molar-refractivity contribution in [2.75, 3.05) is 25.5 Å². The van der Waals surface area contributed by atoms with E-state index in [1.54, 1.807) is 0 Å². The summed E-state index contributed by atoms with van der Waals surface area (Å²) in [6.07, 6.45) is -5.60. The molecule has 0 aromatic carbocycles. The fraction of sp³-hybridized carbons (Fsp3) is 0.579. The van der Waals surface area contributed by atoms with E-state index in [1.165, 1.54) is 18.1 Å². The van der Waals surface area contributed by atoms with Crippen molar-refractivity contribution in [1.29, 1.82) is 0 Å². The van der Waals surface area contributed by atoms with Crippen LogP contribution in [0.2, 0.25) is 0 Å². The van der Waals surface area contributed by atoms with E-state index in [-0.39, 0.29) is 67.3 Å². The summed E-state index contributed by atoms with van der Waals surface area (Å²) < 4.78 is 76.2. The molecule has 2 aromatic rings. The molecule has 3 heterocycles. The predicted molar refractivity (Wildman–Crippen MR) is 107 cm³/mol. The van der Waals surface area contributed by atoms with Gasteiger partial charge in [0.1, 0.15) is 11.9 Å². The SMILES string of the molecule is COC(=O)N1CC(Oc2cc(NC3CCC(F)(F)CC3)nc(-c3nc(C(F)(F)F)cs3)n2)C1. The summed E-state index contributed by atoms with van der Waals surface area (Å²) in [5.41, 5.74) is -1.06. The Kier molecular flexibility index (Phi) is 6.29. The smallest absolute Gasteiger partial charge is 0.434 e. The first-order valence-electron chi connectivity index (χ1n) is 10.1. The minimum Gasteiger partial charge on any atom is -0.470 e. The molecule has 8 nitrogen and oxygen atoms in total. The molecule has 2 aliphatic rings. The molecular weight excluding hydrogens is 473 g/mol. The lowest BCUT2D eigenvalue weighted by Gasteiger charge is -2.37. The monoisotopic (exact) mass is 493 g/mol. The van der Waals surface area contributed by atoms with Gasteiger partial charge in [0.25, 0.3) is 0 Å². The van der Waals surface area contributed by atoms with Crippen molar-refractivity contribution in [1.82, 2.24) is 19.9 Å². The lowest BCUT2D eigenvalue weighted by Crippen LogP contribution is -2.56. The van der Waals surface area contributed by atoms with Gasteiger partial charge in [-0.15, -0.1) is 11.3 Å². The zero-order valence-corrected chi connectivity index (χ0v) is 18.2. The molecule has 1 saturated heterocycles. The Morgan fingerprint density at radius 1 is 1.21 bits per heavy atom. The third-order valence-electron chi connectivity index (χ3n) is 5.33. The lowest BCUT2D eigenvalue weighted by atomic mass is 9.92. The number of methoxy groups -OCH3 is 1. The molecule has 2 aromatic heterocycles. The van der Waals surface area contributed by atoms with E-state index < -0.39 is 30.0 Å². The quantitative estimate of drug-likeness (QED) is 0.616. The van der Waals surface area contributed by atoms with Gasteiger partial charge >= 0.3 is 12.3 Å². The molecule has 2 fully saturated rings. The molecule has 4 rings (SSSR count). The normalized spacial score (nSPS) is 19.2. The Morgan fingerprint density at radius 3 is 2.52 bits per heavy atom. The van der Waals surface area contributed by atoms with Gasteiger partial charge in [0, 0.05) is 30.3 Å². The summed E-state index contributed by atoms with van der Waals surface area (Å²) in [6, 6.07) is 1.18. The highest BCUT2D eigenvalue weighted by Crippen LogP contribution is 2.36. The molecule has 14 heteroatoms. The van der Waals surface area contributed by atoms with Crippen LogP contribution in [-0.4, -0.2) is 64.2 Å². The van der Waals surface area contributed by atoms with Crippen LogP contribution < -0.4 is 10.1 Å². The maximum atomic E-state index is 13.5. The third-order valence-corrected chi connectivity index (χ3v) is 6.16. The van der Waals surface area contributed by atoms with E-state index in [1.807, 2.05) is 0 Å². The zero-order valence-electron chi connectivity index (χ0n) is 17.4. The highest BCUT2D eigenvalue weighted by atomic mass is 32.1. The summed E-state index contributed by atoms with van der Waals surface area (Å²) in [5, 5.41) is 3.86. The first kappa shape index (κ1) is 23.4. The lowest BCUT2D eigenvalue weighted by molar-refractivity contribution is -0.140. The first-order chi connectivity index (χ1) is 15.5. The van der Waals surface area contributed by atoms with Crippen molar-refractivity contribution in [3.05, 3.63) is 17.1 Å². The second-order valence-electron chi connectivity index (χ2n) is 7.84. The van der Waals surface area contributed by atoms with E-state index in [4.69, 9.17) is 4.74 Å². The number of anilines is 1. The molecule has 33 heavy (non-hydrogen) atoms. The highest BCUT2D eigenvalue weighted by molar-refractivity contribution is 7.13. The number of alkyl halides is 5. The van der Waals surface area contributed by atoms with Crippen molar-refractivity contribution in [2.24, 2.45) is 0 Å². The van der Waals surface area contributed by atoms with Gasteiger partial charge in [0.15, 0.2) is 16.5 Å². The number of hydrogen-bond donors (Lipinski definition) is 1. The number of hydrogen-bond acceptors (Lipinski definition) is 8. The van der Waals surface area contributed by atoms with Crippen LogP contribution in [0.25, 0.3) is 10.8 Å². The minimum atomic E-state index is -4.61. The van der Waals surface area contributed by atoms with Gasteiger partial charge in [-0.05, 0) is 12.8 Å². The molecular formula is C19H20F5N5O3S. The zero-order chi connectivity index (χ0) is 23.8. The van der Waals surface area contributed by atoms with Crippen LogP contribution in [0.3, 0.4) is 0 Å². The number of ether oxygens (including phenoxy) is 2. The van der Waals surface area contributed by atoms with E-state index in [9.17, 15) is 26.7 Å². The van der Waals surface area contributed by atoms with Crippen molar-refractivity contribution >= 4 is 23.2 Å². The number of aromatic nitrogens is 3. The Hall–Kier alpha value is -2.77. The Morgan fingerprint density at radius 2 is 1.91 bits per heavy atom. The molecule has 0 radical (unpaired) electrons. The topological polar surface area (TPSA) is 89.5 Å². The summed E-state index contributed by atoms with van der Waals surface area (Å²) in [5.74, 6) is -2.48. The largest absolute Gasteiger partial charge is 0.470 e. The molecule has 180 valence electrons. The van der Waals surface area contributed by atoms with Gasteiger partial charge in [-0.3, -0.25) is 0 Å². The van der Waals surface area contributed by atoms with Crippen LogP contribution in [0.15, 0.2) is 11.4 Å². The molecule has 1 N–H and O–H groups in total. The Balaban J connectivity index is 1.54. The molecule has 1 aliphatic heterocycles. The van der Waals surface area contributed by atoms with Crippen molar-refractivity contribution < 1.29 is 36.2 Å². The number of likely N-dealkylation sites (tertiary alicyclic amines) is 1. The van der Waals surface area contributed by atoms with E-state index in [2.05, 4.69) is 25.0 Å². The number of carbonyl (C=O) groups excluding carboxylic acids is 1. The summed E-state index contributed by atoms with van der Waals surface area (Å²) in [7, 11) is 1.26. The number of halogens is 5. The van der Waals surface area contributed by atoms with Crippen LogP contribution in [0, 0.1) is 0 Å². The van der Waals surface area contributed by atoms with Crippen molar-refractivity contribution in [2.45, 2.75) is 49.9 Å². The molecule has 0 atom stereocenters. The summed E-state index contributed by atoms with van der Waals surface area (Å²) in [4.78, 5) is 24.9. The second-order valence-corrected chi connectivity index (χ2v) is 8.70. The second kappa shape index (κ2) is 8.88. The van der Waals surface area contributed by atoms with Gasteiger partial charge in [0.2, 0.25) is 11.8 Å². The fourth-order valence-corrected chi connectivity index (χ4v) is 4.27. The Bertz CT molecular complexity index is 1000. The molecule has 0 spiro atoms. The number of thiazole rings is 1. The average molecular weight is 493 g/mol. The standard InChI is InChI=1S/C19H20F5N5O3S/c1-31-17(30)29-7-11(8-29)32-14-6-13(25-10-2-4-18(20,21)5-3-10)27-15(28-14)16-26-12(9-33-16)19(22,23)24/h6,9-11H,2-5,7-8H2,1H3,(H,25,27,28). The van der Waals surface area contributed by atoms with Crippen LogP contribution in [0.4, 0.5) is 32.6 Å². The van der Waals surface area contributed by atoms with Gasteiger partial charge in [-0.2, -0.15) is 18.2 Å². The molecule has 0 bridgehead atoms. The highest BCUT2D eigenvalue weighted by Gasteiger charge is 2.37. The van der Waals surface area contributed by atoms with Crippen molar-refractivity contribution in [3.63, 3.8) is 0 Å². The summed E-state index contributed by atoms with van der Waals surface area (Å²) >= 11 is 0.731. The number of amides is 1. The van der Waals surface area contributed by atoms with Gasteiger partial charge < -0.3 is 19.7 Å². The van der Waals surface area contributed by atoms with E-state index >= 15 is 0 Å². The minimum absolute atomic E-state index is 0.0594. The molecule has 1 saturated carbocycles. The van der Waals surface area contributed by atoms with Crippen LogP contribution >= 0.6 is 11.3 Å². The third kappa shape index (κ3) is 5.60. The van der Waals surface area contributed by atoms with Crippen LogP contribution in [-0.2, 0) is 10.9 Å². The number of rotatable bonds is 5. The summed E-state index contributed by atoms with van der Waals surface area (Å²) in [6.45, 7) is 0.504. The maximum absolute atomic E-state index is 13.5. The van der Waals surface area contributed by atoms with Crippen LogP contribution in [0.1, 0.15) is 31.4 Å². The number of nitrogens with zero attached hydrogens (tertiary/aromatic N) is 4. The predicted octanol–water partition coefficient (Wildman–Crippen LogP) is 4.44. The molecule has 1 amide bonds. The number of carbonyl (C=O) groups is 1. The van der Waals surface area contributed by atoms with E-state index in [0.29, 0.717) is 0 Å². The number of nitrogens with one attached hydrogen (secondary N) is 1. The van der Waals surface area contributed by atoms with Gasteiger partial charge in [-0.1, -0.05) is 0 Å². The van der Waals surface area contributed by atoms with Crippen molar-refractivity contribution in [3.8, 4) is 16.7 Å². The van der Waals surface area contributed by atoms with E-state index in [0.717, 1.165) is 16.7 Å². The Labute approximate surface area is 189 Å². The average Bonchev–Trinajstić information content (AvgIpc) is 3.22. The first-order valence-corrected chi connectivity index (χ1v) is 11.0. The molecule has 0 unspecified atom stereocenters. The van der Waals surface area contributed by atoms with Gasteiger partial charge in [-0.25, -0.2) is 23.5 Å². The maximum Gasteiger partial charge on any atom is 0.434 e. The van der Waals surface area contributed by atoms with Crippen LogP contribution in [0.5, 0.6) is 5.88 Å². The molecule has 1 aliphatic carbocycles. The fourth-order valence-electron chi connectivity index (χ4n) is 3.52.